The lowest BCUT2D eigenvalue weighted by molar-refractivity contribution is -0.113. The molecule has 1 aromatic heterocycles. The number of amides is 1. The standard InChI is InChI=1S/C11H12BrClN6OS/c12-7-1-2-9(8(13)5-7)15-10(20)6-21-11-16-17-18-19(11)4-3-14/h1-2,5H,3-4,6,14H2,(H,15,20). The first-order valence-corrected chi connectivity index (χ1v) is 8.09. The first kappa shape index (κ1) is 16.2. The lowest BCUT2D eigenvalue weighted by atomic mass is 10.3. The smallest absolute Gasteiger partial charge is 0.234 e. The maximum atomic E-state index is 11.9. The monoisotopic (exact) mass is 390 g/mol. The molecule has 0 unspecified atom stereocenters. The van der Waals surface area contributed by atoms with E-state index in [0.717, 1.165) is 4.47 Å². The highest BCUT2D eigenvalue weighted by Crippen LogP contribution is 2.26. The van der Waals surface area contributed by atoms with E-state index < -0.39 is 0 Å². The topological polar surface area (TPSA) is 98.7 Å². The molecule has 2 rings (SSSR count). The molecule has 0 aliphatic heterocycles. The Morgan fingerprint density at radius 1 is 1.52 bits per heavy atom. The number of hydrogen-bond acceptors (Lipinski definition) is 6. The minimum Gasteiger partial charge on any atom is -0.329 e. The van der Waals surface area contributed by atoms with Crippen molar-refractivity contribution in [2.75, 3.05) is 17.6 Å². The maximum absolute atomic E-state index is 11.9. The van der Waals surface area contributed by atoms with E-state index in [1.807, 2.05) is 0 Å². The summed E-state index contributed by atoms with van der Waals surface area (Å²) in [5.74, 6) is -0.0105. The van der Waals surface area contributed by atoms with Crippen LogP contribution in [0.4, 0.5) is 5.69 Å². The first-order chi connectivity index (χ1) is 10.1. The van der Waals surface area contributed by atoms with Crippen LogP contribution in [-0.4, -0.2) is 38.4 Å². The highest BCUT2D eigenvalue weighted by molar-refractivity contribution is 9.10. The Balaban J connectivity index is 1.91. The van der Waals surface area contributed by atoms with Crippen molar-refractivity contribution in [2.24, 2.45) is 5.73 Å². The molecular weight excluding hydrogens is 380 g/mol. The highest BCUT2D eigenvalue weighted by Gasteiger charge is 2.11. The molecule has 0 radical (unpaired) electrons. The average molecular weight is 392 g/mol. The second kappa shape index (κ2) is 7.74. The molecule has 0 spiro atoms. The Bertz CT molecular complexity index is 637. The zero-order valence-electron chi connectivity index (χ0n) is 10.8. The number of carbonyl (C=O) groups is 1. The van der Waals surface area contributed by atoms with Crippen LogP contribution in [0.2, 0.25) is 5.02 Å². The summed E-state index contributed by atoms with van der Waals surface area (Å²) in [7, 11) is 0. The van der Waals surface area contributed by atoms with Crippen molar-refractivity contribution in [3.63, 3.8) is 0 Å². The number of nitrogens with two attached hydrogens (primary N) is 1. The van der Waals surface area contributed by atoms with Crippen LogP contribution in [-0.2, 0) is 11.3 Å². The Kier molecular flexibility index (Phi) is 5.97. The predicted octanol–water partition coefficient (Wildman–Crippen LogP) is 1.78. The van der Waals surface area contributed by atoms with Crippen LogP contribution in [0.3, 0.4) is 0 Å². The Morgan fingerprint density at radius 3 is 3.05 bits per heavy atom. The molecule has 2 aromatic rings. The molecule has 10 heteroatoms. The summed E-state index contributed by atoms with van der Waals surface area (Å²) in [5, 5.41) is 14.9. The van der Waals surface area contributed by atoms with Gasteiger partial charge < -0.3 is 11.1 Å². The van der Waals surface area contributed by atoms with Crippen LogP contribution >= 0.6 is 39.3 Å². The van der Waals surface area contributed by atoms with Gasteiger partial charge in [-0.1, -0.05) is 39.3 Å². The number of hydrogen-bond donors (Lipinski definition) is 2. The highest BCUT2D eigenvalue weighted by atomic mass is 79.9. The summed E-state index contributed by atoms with van der Waals surface area (Å²) in [4.78, 5) is 11.9. The van der Waals surface area contributed by atoms with Crippen molar-refractivity contribution in [3.05, 3.63) is 27.7 Å². The van der Waals surface area contributed by atoms with E-state index in [9.17, 15) is 4.79 Å². The van der Waals surface area contributed by atoms with E-state index >= 15 is 0 Å². The summed E-state index contributed by atoms with van der Waals surface area (Å²) in [6.07, 6.45) is 0. The van der Waals surface area contributed by atoms with Gasteiger partial charge in [-0.15, -0.1) is 5.10 Å². The van der Waals surface area contributed by atoms with Crippen LogP contribution in [0.15, 0.2) is 27.8 Å². The fraction of sp³-hybridized carbons (Fsp3) is 0.273. The third-order valence-corrected chi connectivity index (χ3v) is 4.14. The summed E-state index contributed by atoms with van der Waals surface area (Å²) >= 11 is 10.6. The number of thioether (sulfide) groups is 1. The average Bonchev–Trinajstić information content (AvgIpc) is 2.88. The van der Waals surface area contributed by atoms with Crippen molar-refractivity contribution in [1.29, 1.82) is 0 Å². The van der Waals surface area contributed by atoms with Gasteiger partial charge in [-0.25, -0.2) is 4.68 Å². The van der Waals surface area contributed by atoms with Gasteiger partial charge in [0.05, 0.1) is 23.0 Å². The van der Waals surface area contributed by atoms with Gasteiger partial charge in [-0.2, -0.15) is 0 Å². The summed E-state index contributed by atoms with van der Waals surface area (Å²) in [5.41, 5.74) is 6.01. The molecule has 7 nitrogen and oxygen atoms in total. The molecule has 1 heterocycles. The molecular formula is C11H12BrClN6OS. The molecule has 3 N–H and O–H groups in total. The number of carbonyl (C=O) groups excluding carboxylic acids is 1. The van der Waals surface area contributed by atoms with Crippen LogP contribution < -0.4 is 11.1 Å². The van der Waals surface area contributed by atoms with E-state index in [1.54, 1.807) is 22.9 Å². The van der Waals surface area contributed by atoms with Crippen LogP contribution in [0.5, 0.6) is 0 Å². The van der Waals surface area contributed by atoms with E-state index in [1.165, 1.54) is 11.8 Å². The molecule has 0 aliphatic carbocycles. The molecule has 112 valence electrons. The largest absolute Gasteiger partial charge is 0.329 e. The fourth-order valence-electron chi connectivity index (χ4n) is 1.47. The SMILES string of the molecule is NCCn1nnnc1SCC(=O)Nc1ccc(Br)cc1Cl. The second-order valence-electron chi connectivity index (χ2n) is 3.93. The van der Waals surface area contributed by atoms with E-state index in [4.69, 9.17) is 17.3 Å². The number of rotatable bonds is 6. The van der Waals surface area contributed by atoms with Crippen molar-refractivity contribution < 1.29 is 4.79 Å². The number of aromatic nitrogens is 4. The molecule has 0 bridgehead atoms. The van der Waals surface area contributed by atoms with Gasteiger partial charge in [0.2, 0.25) is 11.1 Å². The molecule has 0 fully saturated rings. The first-order valence-electron chi connectivity index (χ1n) is 5.94. The van der Waals surface area contributed by atoms with Crippen molar-refractivity contribution in [1.82, 2.24) is 20.2 Å². The normalized spacial score (nSPS) is 10.6. The summed E-state index contributed by atoms with van der Waals surface area (Å²) in [6, 6.07) is 5.25. The Morgan fingerprint density at radius 2 is 2.33 bits per heavy atom. The van der Waals surface area contributed by atoms with Crippen LogP contribution in [0.1, 0.15) is 0 Å². The lowest BCUT2D eigenvalue weighted by Gasteiger charge is -2.07. The Labute approximate surface area is 138 Å². The van der Waals surface area contributed by atoms with Gasteiger partial charge in [0.25, 0.3) is 0 Å². The van der Waals surface area contributed by atoms with E-state index in [0.29, 0.717) is 29.0 Å². The van der Waals surface area contributed by atoms with Gasteiger partial charge in [0.15, 0.2) is 0 Å². The van der Waals surface area contributed by atoms with Gasteiger partial charge in [0, 0.05) is 11.0 Å². The number of benzene rings is 1. The fourth-order valence-corrected chi connectivity index (χ4v) is 2.89. The molecule has 1 amide bonds. The lowest BCUT2D eigenvalue weighted by Crippen LogP contribution is -2.16. The molecule has 1 aromatic carbocycles. The summed E-state index contributed by atoms with van der Waals surface area (Å²) in [6.45, 7) is 0.939. The number of halogens is 2. The second-order valence-corrected chi connectivity index (χ2v) is 6.20. The predicted molar refractivity (Wildman–Crippen MR) is 85.4 cm³/mol. The van der Waals surface area contributed by atoms with Gasteiger partial charge in [-0.3, -0.25) is 4.79 Å². The van der Waals surface area contributed by atoms with Gasteiger partial charge in [-0.05, 0) is 28.6 Å². The van der Waals surface area contributed by atoms with Gasteiger partial charge in [0.1, 0.15) is 0 Å². The van der Waals surface area contributed by atoms with Crippen molar-refractivity contribution >= 4 is 50.9 Å². The minimum atomic E-state index is -0.188. The van der Waals surface area contributed by atoms with Crippen LogP contribution in [0.25, 0.3) is 0 Å². The van der Waals surface area contributed by atoms with Gasteiger partial charge >= 0.3 is 0 Å². The maximum Gasteiger partial charge on any atom is 0.234 e. The number of anilines is 1. The molecule has 0 saturated carbocycles. The third kappa shape index (κ3) is 4.67. The number of nitrogens with one attached hydrogen (secondary N) is 1. The molecule has 0 aliphatic rings. The molecule has 21 heavy (non-hydrogen) atoms. The summed E-state index contributed by atoms with van der Waals surface area (Å²) < 4.78 is 2.41. The Hall–Kier alpha value is -1.16. The van der Waals surface area contributed by atoms with E-state index in [2.05, 4.69) is 36.8 Å². The third-order valence-electron chi connectivity index (χ3n) is 2.38. The zero-order chi connectivity index (χ0) is 15.2. The van der Waals surface area contributed by atoms with Crippen molar-refractivity contribution in [3.8, 4) is 0 Å². The zero-order valence-corrected chi connectivity index (χ0v) is 14.0. The number of tetrazole rings is 1. The van der Waals surface area contributed by atoms with Crippen LogP contribution in [0, 0.1) is 0 Å². The minimum absolute atomic E-state index is 0.178. The number of nitrogens with zero attached hydrogens (tertiary/aromatic N) is 4. The van der Waals surface area contributed by atoms with Crippen molar-refractivity contribution in [2.45, 2.75) is 11.7 Å². The quantitative estimate of drug-likeness (QED) is 0.728. The van der Waals surface area contributed by atoms with E-state index in [-0.39, 0.29) is 11.7 Å². The molecule has 0 saturated heterocycles. The molecule has 0 atom stereocenters.